The summed E-state index contributed by atoms with van der Waals surface area (Å²) in [4.78, 5) is 25.7. The molecule has 30 heavy (non-hydrogen) atoms. The first-order valence-electron chi connectivity index (χ1n) is 9.28. The Hall–Kier alpha value is -3.65. The van der Waals surface area contributed by atoms with Crippen molar-refractivity contribution >= 4 is 44.7 Å². The van der Waals surface area contributed by atoms with E-state index >= 15 is 0 Å². The molecule has 0 bridgehead atoms. The van der Waals surface area contributed by atoms with Gasteiger partial charge in [0.1, 0.15) is 10.6 Å². The molecule has 0 aliphatic rings. The van der Waals surface area contributed by atoms with E-state index in [1.165, 1.54) is 25.4 Å². The van der Waals surface area contributed by atoms with Crippen LogP contribution in [0.2, 0.25) is 0 Å². The Balaban J connectivity index is 1.62. The fraction of sp³-hybridized carbons (Fsp3) is 0.136. The number of fused-ring (bicyclic) bond motifs is 1. The molecule has 0 radical (unpaired) electrons. The van der Waals surface area contributed by atoms with Crippen molar-refractivity contribution in [1.82, 2.24) is 9.78 Å². The summed E-state index contributed by atoms with van der Waals surface area (Å²) in [7, 11) is 1.51. The molecule has 0 aliphatic carbocycles. The predicted molar refractivity (Wildman–Crippen MR) is 119 cm³/mol. The molecule has 8 heteroatoms. The van der Waals surface area contributed by atoms with Gasteiger partial charge in [0.2, 0.25) is 5.91 Å². The van der Waals surface area contributed by atoms with Gasteiger partial charge in [-0.1, -0.05) is 18.2 Å². The van der Waals surface area contributed by atoms with Crippen LogP contribution in [0, 0.1) is 6.92 Å². The summed E-state index contributed by atoms with van der Waals surface area (Å²) < 4.78 is 7.17. The second-order valence-corrected chi connectivity index (χ2v) is 7.74. The van der Waals surface area contributed by atoms with E-state index in [9.17, 15) is 9.59 Å². The molecule has 0 saturated carbocycles. The predicted octanol–water partition coefficient (Wildman–Crippen LogP) is 4.61. The van der Waals surface area contributed by atoms with E-state index in [0.29, 0.717) is 22.0 Å². The first-order chi connectivity index (χ1) is 14.5. The maximum absolute atomic E-state index is 12.9. The molecule has 152 valence electrons. The largest absolute Gasteiger partial charge is 0.494 e. The van der Waals surface area contributed by atoms with Crippen molar-refractivity contribution in [2.24, 2.45) is 0 Å². The standard InChI is InChI=1S/C22H20N4O3S/c1-13-17-12-20(30-22(17)26(25-13)16-7-5-4-6-8-16)21(28)24-15-9-10-18(23-14(2)27)19(11-15)29-3/h4-12H,1-3H3,(H,23,27)(H,24,28). The fourth-order valence-electron chi connectivity index (χ4n) is 3.16. The second kappa shape index (κ2) is 8.00. The summed E-state index contributed by atoms with van der Waals surface area (Å²) in [6.45, 7) is 3.36. The summed E-state index contributed by atoms with van der Waals surface area (Å²) in [6.07, 6.45) is 0. The number of ether oxygens (including phenoxy) is 1. The number of benzene rings is 2. The smallest absolute Gasteiger partial charge is 0.265 e. The highest BCUT2D eigenvalue weighted by Crippen LogP contribution is 2.32. The van der Waals surface area contributed by atoms with Gasteiger partial charge in [-0.2, -0.15) is 5.10 Å². The third-order valence-electron chi connectivity index (χ3n) is 4.54. The average molecular weight is 420 g/mol. The van der Waals surface area contributed by atoms with Crippen LogP contribution in [0.15, 0.2) is 54.6 Å². The van der Waals surface area contributed by atoms with Crippen molar-refractivity contribution < 1.29 is 14.3 Å². The highest BCUT2D eigenvalue weighted by Gasteiger charge is 2.18. The minimum absolute atomic E-state index is 0.196. The number of hydrogen-bond acceptors (Lipinski definition) is 5. The van der Waals surface area contributed by atoms with Gasteiger partial charge in [-0.05, 0) is 37.3 Å². The Morgan fingerprint density at radius 3 is 2.53 bits per heavy atom. The SMILES string of the molecule is COc1cc(NC(=O)c2cc3c(C)nn(-c4ccccc4)c3s2)ccc1NC(C)=O. The summed E-state index contributed by atoms with van der Waals surface area (Å²) in [5.74, 6) is 0.0534. The minimum atomic E-state index is -0.218. The molecule has 2 aromatic carbocycles. The monoisotopic (exact) mass is 420 g/mol. The summed E-state index contributed by atoms with van der Waals surface area (Å²) in [6, 6.07) is 16.8. The van der Waals surface area contributed by atoms with E-state index in [4.69, 9.17) is 4.74 Å². The lowest BCUT2D eigenvalue weighted by Gasteiger charge is -2.11. The third kappa shape index (κ3) is 3.77. The number of nitrogens with one attached hydrogen (secondary N) is 2. The van der Waals surface area contributed by atoms with Gasteiger partial charge < -0.3 is 15.4 Å². The Bertz CT molecular complexity index is 1240. The van der Waals surface area contributed by atoms with Gasteiger partial charge in [-0.15, -0.1) is 11.3 Å². The van der Waals surface area contributed by atoms with Crippen LogP contribution in [0.3, 0.4) is 0 Å². The van der Waals surface area contributed by atoms with Crippen LogP contribution in [-0.4, -0.2) is 28.7 Å². The van der Waals surface area contributed by atoms with Gasteiger partial charge >= 0.3 is 0 Å². The molecular formula is C22H20N4O3S. The summed E-state index contributed by atoms with van der Waals surface area (Å²) >= 11 is 1.39. The van der Waals surface area contributed by atoms with Gasteiger partial charge in [-0.3, -0.25) is 9.59 Å². The second-order valence-electron chi connectivity index (χ2n) is 6.71. The van der Waals surface area contributed by atoms with E-state index in [0.717, 1.165) is 21.6 Å². The minimum Gasteiger partial charge on any atom is -0.494 e. The molecule has 0 unspecified atom stereocenters. The number of anilines is 2. The molecule has 2 aromatic heterocycles. The van der Waals surface area contributed by atoms with Crippen molar-refractivity contribution in [3.8, 4) is 11.4 Å². The summed E-state index contributed by atoms with van der Waals surface area (Å²) in [5.41, 5.74) is 2.93. The maximum Gasteiger partial charge on any atom is 0.265 e. The van der Waals surface area contributed by atoms with Crippen molar-refractivity contribution in [3.63, 3.8) is 0 Å². The van der Waals surface area contributed by atoms with Crippen LogP contribution in [0.25, 0.3) is 15.9 Å². The number of amides is 2. The molecule has 4 rings (SSSR count). The number of rotatable bonds is 5. The number of aromatic nitrogens is 2. The quantitative estimate of drug-likeness (QED) is 0.494. The zero-order valence-corrected chi connectivity index (χ0v) is 17.5. The van der Waals surface area contributed by atoms with Crippen LogP contribution in [0.1, 0.15) is 22.3 Å². The average Bonchev–Trinajstić information content (AvgIpc) is 3.30. The lowest BCUT2D eigenvalue weighted by molar-refractivity contribution is -0.114. The van der Waals surface area contributed by atoms with Crippen LogP contribution < -0.4 is 15.4 Å². The fourth-order valence-corrected chi connectivity index (χ4v) is 4.24. The number of carbonyl (C=O) groups is 2. The van der Waals surface area contributed by atoms with Crippen molar-refractivity contribution in [3.05, 3.63) is 65.2 Å². The molecule has 0 atom stereocenters. The molecule has 2 amide bonds. The van der Waals surface area contributed by atoms with E-state index < -0.39 is 0 Å². The Labute approximate surface area is 177 Å². The lowest BCUT2D eigenvalue weighted by atomic mass is 10.2. The van der Waals surface area contributed by atoms with Crippen LogP contribution in [-0.2, 0) is 4.79 Å². The first-order valence-corrected chi connectivity index (χ1v) is 10.1. The lowest BCUT2D eigenvalue weighted by Crippen LogP contribution is -2.11. The molecule has 4 aromatic rings. The Kier molecular flexibility index (Phi) is 5.24. The van der Waals surface area contributed by atoms with Gasteiger partial charge in [0.15, 0.2) is 0 Å². The van der Waals surface area contributed by atoms with Crippen LogP contribution in [0.5, 0.6) is 5.75 Å². The number of para-hydroxylation sites is 1. The van der Waals surface area contributed by atoms with Crippen molar-refractivity contribution in [1.29, 1.82) is 0 Å². The van der Waals surface area contributed by atoms with Gasteiger partial charge in [0, 0.05) is 24.1 Å². The van der Waals surface area contributed by atoms with E-state index in [1.807, 2.05) is 48.0 Å². The zero-order valence-electron chi connectivity index (χ0n) is 16.7. The number of hydrogen-bond donors (Lipinski definition) is 2. The van der Waals surface area contributed by atoms with Gasteiger partial charge in [0.25, 0.3) is 5.91 Å². The highest BCUT2D eigenvalue weighted by molar-refractivity contribution is 7.20. The molecule has 0 spiro atoms. The Morgan fingerprint density at radius 2 is 1.83 bits per heavy atom. The van der Waals surface area contributed by atoms with Crippen molar-refractivity contribution in [2.45, 2.75) is 13.8 Å². The Morgan fingerprint density at radius 1 is 1.07 bits per heavy atom. The molecule has 0 fully saturated rings. The number of nitrogens with zero attached hydrogens (tertiary/aromatic N) is 2. The topological polar surface area (TPSA) is 85.2 Å². The van der Waals surface area contributed by atoms with Gasteiger partial charge in [0.05, 0.1) is 29.1 Å². The maximum atomic E-state index is 12.9. The molecule has 0 aliphatic heterocycles. The molecule has 0 saturated heterocycles. The van der Waals surface area contributed by atoms with Crippen LogP contribution in [0.4, 0.5) is 11.4 Å². The normalized spacial score (nSPS) is 10.8. The van der Waals surface area contributed by atoms with Crippen molar-refractivity contribution in [2.75, 3.05) is 17.7 Å². The van der Waals surface area contributed by atoms with Gasteiger partial charge in [-0.25, -0.2) is 4.68 Å². The van der Waals surface area contributed by atoms with Crippen LogP contribution >= 0.6 is 11.3 Å². The summed E-state index contributed by atoms with van der Waals surface area (Å²) in [5, 5.41) is 11.1. The van der Waals surface area contributed by atoms with E-state index in [1.54, 1.807) is 18.2 Å². The highest BCUT2D eigenvalue weighted by atomic mass is 32.1. The number of carbonyl (C=O) groups excluding carboxylic acids is 2. The molecular weight excluding hydrogens is 400 g/mol. The molecule has 7 nitrogen and oxygen atoms in total. The number of methoxy groups -OCH3 is 1. The number of thiophene rings is 1. The number of aryl methyl sites for hydroxylation is 1. The van der Waals surface area contributed by atoms with E-state index in [2.05, 4.69) is 15.7 Å². The molecule has 2 N–H and O–H groups in total. The third-order valence-corrected chi connectivity index (χ3v) is 5.65. The first kappa shape index (κ1) is 19.7. The molecule has 2 heterocycles. The zero-order chi connectivity index (χ0) is 21.3. The van der Waals surface area contributed by atoms with E-state index in [-0.39, 0.29) is 11.8 Å².